The number of methoxy groups -OCH3 is 1. The standard InChI is InChI=1S/C15H13F3O7/c1-22-14-8(19)9-10(25-14)11(13(21)23-9)24-12(20)6-3-2-4-7(5-6)15(16,17)18/h2-5,8-11,14,19H,1H3/t8-,9-,10+,11+,14-/m1/s1. The molecule has 0 aliphatic carbocycles. The molecular weight excluding hydrogens is 349 g/mol. The van der Waals surface area contributed by atoms with Crippen molar-refractivity contribution in [2.75, 3.05) is 7.11 Å². The van der Waals surface area contributed by atoms with Crippen molar-refractivity contribution in [2.45, 2.75) is 36.9 Å². The third-order valence-electron chi connectivity index (χ3n) is 3.91. The Balaban J connectivity index is 1.76. The van der Waals surface area contributed by atoms with E-state index in [1.54, 1.807) is 0 Å². The third-order valence-corrected chi connectivity index (χ3v) is 3.91. The summed E-state index contributed by atoms with van der Waals surface area (Å²) in [6.45, 7) is 0. The number of hydrogen-bond acceptors (Lipinski definition) is 7. The Morgan fingerprint density at radius 1 is 1.28 bits per heavy atom. The molecule has 0 aromatic heterocycles. The summed E-state index contributed by atoms with van der Waals surface area (Å²) in [5.74, 6) is -2.10. The number of fused-ring (bicyclic) bond motifs is 1. The van der Waals surface area contributed by atoms with Gasteiger partial charge in [-0.25, -0.2) is 9.59 Å². The number of halogens is 3. The number of ether oxygens (including phenoxy) is 4. The molecule has 136 valence electrons. The first-order chi connectivity index (χ1) is 11.7. The molecule has 0 saturated carbocycles. The van der Waals surface area contributed by atoms with Gasteiger partial charge in [-0.15, -0.1) is 0 Å². The van der Waals surface area contributed by atoms with Crippen LogP contribution >= 0.6 is 0 Å². The number of benzene rings is 1. The van der Waals surface area contributed by atoms with Crippen molar-refractivity contribution in [2.24, 2.45) is 0 Å². The Bertz CT molecular complexity index is 690. The van der Waals surface area contributed by atoms with Crippen LogP contribution in [-0.4, -0.2) is 54.9 Å². The smallest absolute Gasteiger partial charge is 0.416 e. The molecule has 2 aliphatic heterocycles. The first-order valence-corrected chi connectivity index (χ1v) is 7.17. The van der Waals surface area contributed by atoms with E-state index < -0.39 is 54.4 Å². The number of esters is 2. The summed E-state index contributed by atoms with van der Waals surface area (Å²) in [7, 11) is 1.26. The predicted molar refractivity (Wildman–Crippen MR) is 72.2 cm³/mol. The molecular formula is C15H13F3O7. The molecule has 1 aromatic rings. The van der Waals surface area contributed by atoms with Gasteiger partial charge < -0.3 is 24.1 Å². The molecule has 10 heteroatoms. The highest BCUT2D eigenvalue weighted by Gasteiger charge is 2.59. The normalized spacial score (nSPS) is 31.6. The minimum absolute atomic E-state index is 0.382. The van der Waals surface area contributed by atoms with Crippen molar-refractivity contribution < 1.29 is 46.8 Å². The van der Waals surface area contributed by atoms with Crippen LogP contribution in [0.2, 0.25) is 0 Å². The highest BCUT2D eigenvalue weighted by Crippen LogP contribution is 2.34. The first-order valence-electron chi connectivity index (χ1n) is 7.17. The Morgan fingerprint density at radius 2 is 2.00 bits per heavy atom. The number of aliphatic hydroxyl groups is 1. The van der Waals surface area contributed by atoms with Gasteiger partial charge in [0, 0.05) is 7.11 Å². The first kappa shape index (κ1) is 17.6. The van der Waals surface area contributed by atoms with Crippen LogP contribution in [0, 0.1) is 0 Å². The molecule has 1 aromatic carbocycles. The van der Waals surface area contributed by atoms with Gasteiger partial charge in [0.15, 0.2) is 12.4 Å². The largest absolute Gasteiger partial charge is 0.454 e. The summed E-state index contributed by atoms with van der Waals surface area (Å²) >= 11 is 0. The molecule has 1 N–H and O–H groups in total. The average Bonchev–Trinajstić information content (AvgIpc) is 3.03. The zero-order valence-electron chi connectivity index (χ0n) is 12.7. The molecule has 0 unspecified atom stereocenters. The summed E-state index contributed by atoms with van der Waals surface area (Å²) in [6, 6.07) is 3.59. The summed E-state index contributed by atoms with van der Waals surface area (Å²) in [5, 5.41) is 9.88. The van der Waals surface area contributed by atoms with Crippen LogP contribution in [0.25, 0.3) is 0 Å². The van der Waals surface area contributed by atoms with E-state index in [-0.39, 0.29) is 5.56 Å². The van der Waals surface area contributed by atoms with Crippen molar-refractivity contribution >= 4 is 11.9 Å². The average molecular weight is 362 g/mol. The van der Waals surface area contributed by atoms with Crippen LogP contribution in [0.5, 0.6) is 0 Å². The number of hydrogen-bond donors (Lipinski definition) is 1. The Kier molecular flexibility index (Phi) is 4.43. The van der Waals surface area contributed by atoms with Crippen molar-refractivity contribution in [3.05, 3.63) is 35.4 Å². The zero-order chi connectivity index (χ0) is 18.4. The molecule has 2 fully saturated rings. The van der Waals surface area contributed by atoms with Gasteiger partial charge in [-0.3, -0.25) is 0 Å². The molecule has 2 saturated heterocycles. The quantitative estimate of drug-likeness (QED) is 0.799. The van der Waals surface area contributed by atoms with E-state index in [1.165, 1.54) is 7.11 Å². The van der Waals surface area contributed by atoms with Crippen LogP contribution < -0.4 is 0 Å². The Labute approximate surface area is 139 Å². The van der Waals surface area contributed by atoms with E-state index in [1.807, 2.05) is 0 Å². The molecule has 0 radical (unpaired) electrons. The second-order valence-electron chi connectivity index (χ2n) is 5.50. The summed E-state index contributed by atoms with van der Waals surface area (Å²) < 4.78 is 58.1. The lowest BCUT2D eigenvalue weighted by atomic mass is 10.1. The lowest BCUT2D eigenvalue weighted by molar-refractivity contribution is -0.177. The number of aliphatic hydroxyl groups excluding tert-OH is 1. The molecule has 2 aliphatic rings. The highest BCUT2D eigenvalue weighted by atomic mass is 19.4. The molecule has 0 amide bonds. The molecule has 7 nitrogen and oxygen atoms in total. The monoisotopic (exact) mass is 362 g/mol. The van der Waals surface area contributed by atoms with Gasteiger partial charge in [-0.2, -0.15) is 13.2 Å². The van der Waals surface area contributed by atoms with Crippen LogP contribution in [0.3, 0.4) is 0 Å². The van der Waals surface area contributed by atoms with E-state index >= 15 is 0 Å². The number of carbonyl (C=O) groups is 2. The fraction of sp³-hybridized carbons (Fsp3) is 0.467. The summed E-state index contributed by atoms with van der Waals surface area (Å²) in [4.78, 5) is 23.9. The van der Waals surface area contributed by atoms with Gasteiger partial charge in [0.1, 0.15) is 12.2 Å². The molecule has 2 heterocycles. The third kappa shape index (κ3) is 3.20. The topological polar surface area (TPSA) is 91.3 Å². The van der Waals surface area contributed by atoms with E-state index in [2.05, 4.69) is 0 Å². The Hall–Kier alpha value is -2.17. The summed E-state index contributed by atoms with van der Waals surface area (Å²) in [5.41, 5.74) is -1.41. The second kappa shape index (κ2) is 6.28. The van der Waals surface area contributed by atoms with Crippen molar-refractivity contribution in [3.63, 3.8) is 0 Å². The van der Waals surface area contributed by atoms with Gasteiger partial charge in [0.2, 0.25) is 6.10 Å². The maximum atomic E-state index is 12.7. The van der Waals surface area contributed by atoms with E-state index in [0.29, 0.717) is 6.07 Å². The lowest BCUT2D eigenvalue weighted by Gasteiger charge is -2.17. The van der Waals surface area contributed by atoms with Crippen molar-refractivity contribution in [1.82, 2.24) is 0 Å². The number of carbonyl (C=O) groups excluding carboxylic acids is 2. The van der Waals surface area contributed by atoms with Crippen molar-refractivity contribution in [3.8, 4) is 0 Å². The van der Waals surface area contributed by atoms with Gasteiger partial charge in [-0.1, -0.05) is 6.07 Å². The SMILES string of the molecule is CO[C@@H]1O[C@H]2[C@H](OC(=O)[C@H]2OC(=O)c2cccc(C(F)(F)F)c2)[C@H]1O. The minimum atomic E-state index is -4.63. The lowest BCUT2D eigenvalue weighted by Crippen LogP contribution is -2.35. The molecule has 5 atom stereocenters. The second-order valence-corrected chi connectivity index (χ2v) is 5.50. The maximum Gasteiger partial charge on any atom is 0.416 e. The fourth-order valence-electron chi connectivity index (χ4n) is 2.69. The minimum Gasteiger partial charge on any atom is -0.454 e. The van der Waals surface area contributed by atoms with E-state index in [9.17, 15) is 27.9 Å². The highest BCUT2D eigenvalue weighted by molar-refractivity contribution is 5.92. The number of rotatable bonds is 3. The van der Waals surface area contributed by atoms with Crippen molar-refractivity contribution in [1.29, 1.82) is 0 Å². The number of alkyl halides is 3. The van der Waals surface area contributed by atoms with E-state index in [4.69, 9.17) is 18.9 Å². The molecule has 0 bridgehead atoms. The molecule has 25 heavy (non-hydrogen) atoms. The van der Waals surface area contributed by atoms with Gasteiger partial charge >= 0.3 is 18.1 Å². The van der Waals surface area contributed by atoms with Crippen LogP contribution in [0.1, 0.15) is 15.9 Å². The maximum absolute atomic E-state index is 12.7. The molecule has 0 spiro atoms. The Morgan fingerprint density at radius 3 is 2.64 bits per heavy atom. The summed E-state index contributed by atoms with van der Waals surface area (Å²) in [6.07, 6.45) is -10.7. The molecule has 3 rings (SSSR count). The van der Waals surface area contributed by atoms with Crippen LogP contribution in [0.4, 0.5) is 13.2 Å². The van der Waals surface area contributed by atoms with E-state index in [0.717, 1.165) is 18.2 Å². The van der Waals surface area contributed by atoms with Gasteiger partial charge in [0.05, 0.1) is 11.1 Å². The predicted octanol–water partition coefficient (Wildman–Crippen LogP) is 0.888. The van der Waals surface area contributed by atoms with Crippen LogP contribution in [-0.2, 0) is 29.9 Å². The fourth-order valence-corrected chi connectivity index (χ4v) is 2.69. The van der Waals surface area contributed by atoms with Gasteiger partial charge in [0.25, 0.3) is 0 Å². The van der Waals surface area contributed by atoms with Crippen LogP contribution in [0.15, 0.2) is 24.3 Å². The van der Waals surface area contributed by atoms with Gasteiger partial charge in [-0.05, 0) is 18.2 Å². The zero-order valence-corrected chi connectivity index (χ0v) is 12.7.